The number of hydrogen-bond acceptors (Lipinski definition) is 3. The highest BCUT2D eigenvalue weighted by molar-refractivity contribution is 5.81. The molecule has 0 aromatic heterocycles. The first-order valence-electron chi connectivity index (χ1n) is 6.93. The first-order chi connectivity index (χ1) is 8.18. The Bertz CT molecular complexity index is 261. The molecule has 1 saturated heterocycles. The maximum Gasteiger partial charge on any atom is 0.237 e. The summed E-state index contributed by atoms with van der Waals surface area (Å²) in [6.45, 7) is 0.846. The van der Waals surface area contributed by atoms with Gasteiger partial charge in [0.25, 0.3) is 0 Å². The zero-order chi connectivity index (χ0) is 12.3. The average molecular weight is 239 g/mol. The minimum atomic E-state index is 0.0804. The summed E-state index contributed by atoms with van der Waals surface area (Å²) < 4.78 is 0. The Kier molecular flexibility index (Phi) is 4.40. The lowest BCUT2D eigenvalue weighted by Crippen LogP contribution is -2.50. The van der Waals surface area contributed by atoms with E-state index in [9.17, 15) is 4.79 Å². The SMILES string of the molecule is CN(C1CCC(N)CC1)C1CCCCNC1=O. The zero-order valence-electron chi connectivity index (χ0n) is 10.8. The van der Waals surface area contributed by atoms with Gasteiger partial charge >= 0.3 is 0 Å². The molecular formula is C13H25N3O. The van der Waals surface area contributed by atoms with Crippen molar-refractivity contribution in [1.82, 2.24) is 10.2 Å². The molecule has 1 atom stereocenters. The molecule has 2 rings (SSSR count). The summed E-state index contributed by atoms with van der Waals surface area (Å²) >= 11 is 0. The minimum absolute atomic E-state index is 0.0804. The predicted molar refractivity (Wildman–Crippen MR) is 68.6 cm³/mol. The number of nitrogens with one attached hydrogen (secondary N) is 1. The molecule has 4 heteroatoms. The predicted octanol–water partition coefficient (Wildman–Crippen LogP) is 0.857. The molecule has 0 aromatic carbocycles. The third-order valence-corrected chi connectivity index (χ3v) is 4.32. The molecule has 0 bridgehead atoms. The smallest absolute Gasteiger partial charge is 0.237 e. The molecule has 98 valence electrons. The fraction of sp³-hybridized carbons (Fsp3) is 0.923. The lowest BCUT2D eigenvalue weighted by molar-refractivity contribution is -0.126. The number of hydrogen-bond donors (Lipinski definition) is 2. The summed E-state index contributed by atoms with van der Waals surface area (Å²) in [6.07, 6.45) is 7.76. The van der Waals surface area contributed by atoms with Crippen molar-refractivity contribution in [3.8, 4) is 0 Å². The van der Waals surface area contributed by atoms with E-state index < -0.39 is 0 Å². The number of nitrogens with two attached hydrogens (primary N) is 1. The van der Waals surface area contributed by atoms with E-state index in [1.54, 1.807) is 0 Å². The van der Waals surface area contributed by atoms with Crippen LogP contribution in [0.15, 0.2) is 0 Å². The fourth-order valence-electron chi connectivity index (χ4n) is 3.08. The molecule has 1 unspecified atom stereocenters. The van der Waals surface area contributed by atoms with Crippen LogP contribution in [0.1, 0.15) is 44.9 Å². The van der Waals surface area contributed by atoms with Gasteiger partial charge in [0, 0.05) is 18.6 Å². The van der Waals surface area contributed by atoms with Crippen molar-refractivity contribution in [3.05, 3.63) is 0 Å². The van der Waals surface area contributed by atoms with E-state index in [0.717, 1.165) is 51.5 Å². The molecule has 1 amide bonds. The van der Waals surface area contributed by atoms with Crippen molar-refractivity contribution < 1.29 is 4.79 Å². The van der Waals surface area contributed by atoms with Crippen molar-refractivity contribution in [1.29, 1.82) is 0 Å². The van der Waals surface area contributed by atoms with E-state index in [1.165, 1.54) is 0 Å². The van der Waals surface area contributed by atoms with Crippen molar-refractivity contribution in [2.75, 3.05) is 13.6 Å². The molecule has 1 saturated carbocycles. The molecular weight excluding hydrogens is 214 g/mol. The Morgan fingerprint density at radius 3 is 2.59 bits per heavy atom. The van der Waals surface area contributed by atoms with Crippen LogP contribution in [-0.2, 0) is 4.79 Å². The summed E-state index contributed by atoms with van der Waals surface area (Å²) in [6, 6.07) is 1.00. The molecule has 2 fully saturated rings. The van der Waals surface area contributed by atoms with Gasteiger partial charge in [0.15, 0.2) is 0 Å². The van der Waals surface area contributed by atoms with Gasteiger partial charge in [-0.2, -0.15) is 0 Å². The number of carbonyl (C=O) groups excluding carboxylic acids is 1. The van der Waals surface area contributed by atoms with E-state index in [1.807, 2.05) is 0 Å². The second-order valence-corrected chi connectivity index (χ2v) is 5.54. The average Bonchev–Trinajstić information content (AvgIpc) is 2.54. The molecule has 1 heterocycles. The monoisotopic (exact) mass is 239 g/mol. The Balaban J connectivity index is 1.93. The lowest BCUT2D eigenvalue weighted by atomic mass is 9.90. The Hall–Kier alpha value is -0.610. The van der Waals surface area contributed by atoms with Gasteiger partial charge in [-0.1, -0.05) is 0 Å². The van der Waals surface area contributed by atoms with Crippen LogP contribution in [0.25, 0.3) is 0 Å². The van der Waals surface area contributed by atoms with Crippen LogP contribution in [0.2, 0.25) is 0 Å². The summed E-state index contributed by atoms with van der Waals surface area (Å²) in [5.41, 5.74) is 5.93. The van der Waals surface area contributed by atoms with Gasteiger partial charge in [-0.05, 0) is 52.0 Å². The Labute approximate surface area is 104 Å². The highest BCUT2D eigenvalue weighted by Gasteiger charge is 2.31. The highest BCUT2D eigenvalue weighted by atomic mass is 16.2. The number of amides is 1. The van der Waals surface area contributed by atoms with Crippen LogP contribution >= 0.6 is 0 Å². The number of rotatable bonds is 2. The molecule has 1 aliphatic heterocycles. The van der Waals surface area contributed by atoms with E-state index >= 15 is 0 Å². The zero-order valence-corrected chi connectivity index (χ0v) is 10.8. The largest absolute Gasteiger partial charge is 0.355 e. The number of likely N-dealkylation sites (N-methyl/N-ethyl adjacent to an activating group) is 1. The van der Waals surface area contributed by atoms with Crippen LogP contribution in [0, 0.1) is 0 Å². The van der Waals surface area contributed by atoms with Gasteiger partial charge in [-0.3, -0.25) is 9.69 Å². The summed E-state index contributed by atoms with van der Waals surface area (Å²) in [4.78, 5) is 14.3. The minimum Gasteiger partial charge on any atom is -0.355 e. The number of carbonyl (C=O) groups is 1. The molecule has 3 N–H and O–H groups in total. The molecule has 0 aromatic rings. The molecule has 17 heavy (non-hydrogen) atoms. The maximum absolute atomic E-state index is 12.0. The van der Waals surface area contributed by atoms with E-state index in [-0.39, 0.29) is 11.9 Å². The molecule has 2 aliphatic rings. The number of nitrogens with zero attached hydrogens (tertiary/aromatic N) is 1. The topological polar surface area (TPSA) is 58.4 Å². The second kappa shape index (κ2) is 5.83. The van der Waals surface area contributed by atoms with Crippen molar-refractivity contribution in [2.24, 2.45) is 5.73 Å². The fourth-order valence-corrected chi connectivity index (χ4v) is 3.08. The van der Waals surface area contributed by atoms with Crippen LogP contribution in [0.3, 0.4) is 0 Å². The normalized spacial score (nSPS) is 35.5. The van der Waals surface area contributed by atoms with E-state index in [2.05, 4.69) is 17.3 Å². The molecule has 0 spiro atoms. The van der Waals surface area contributed by atoms with Gasteiger partial charge in [-0.25, -0.2) is 0 Å². The molecule has 1 aliphatic carbocycles. The standard InChI is InChI=1S/C13H25N3O/c1-16(11-7-5-10(14)6-8-11)12-4-2-3-9-15-13(12)17/h10-12H,2-9,14H2,1H3,(H,15,17). The van der Waals surface area contributed by atoms with E-state index in [4.69, 9.17) is 5.73 Å². The van der Waals surface area contributed by atoms with Gasteiger partial charge in [-0.15, -0.1) is 0 Å². The van der Waals surface area contributed by atoms with Gasteiger partial charge in [0.2, 0.25) is 5.91 Å². The summed E-state index contributed by atoms with van der Waals surface area (Å²) in [5, 5.41) is 3.02. The van der Waals surface area contributed by atoms with Crippen molar-refractivity contribution in [2.45, 2.75) is 63.1 Å². The second-order valence-electron chi connectivity index (χ2n) is 5.54. The van der Waals surface area contributed by atoms with Gasteiger partial charge in [0.05, 0.1) is 6.04 Å². The summed E-state index contributed by atoms with van der Waals surface area (Å²) in [5.74, 6) is 0.222. The molecule has 0 radical (unpaired) electrons. The first-order valence-corrected chi connectivity index (χ1v) is 6.93. The Morgan fingerprint density at radius 1 is 1.18 bits per heavy atom. The van der Waals surface area contributed by atoms with Gasteiger partial charge < -0.3 is 11.1 Å². The third-order valence-electron chi connectivity index (χ3n) is 4.32. The van der Waals surface area contributed by atoms with Crippen LogP contribution in [0.5, 0.6) is 0 Å². The van der Waals surface area contributed by atoms with E-state index in [0.29, 0.717) is 12.1 Å². The maximum atomic E-state index is 12.0. The summed E-state index contributed by atoms with van der Waals surface area (Å²) in [7, 11) is 2.11. The lowest BCUT2D eigenvalue weighted by Gasteiger charge is -2.37. The quantitative estimate of drug-likeness (QED) is 0.751. The van der Waals surface area contributed by atoms with Crippen LogP contribution in [0.4, 0.5) is 0 Å². The van der Waals surface area contributed by atoms with Crippen molar-refractivity contribution >= 4 is 5.91 Å². The van der Waals surface area contributed by atoms with Gasteiger partial charge in [0.1, 0.15) is 0 Å². The van der Waals surface area contributed by atoms with Crippen molar-refractivity contribution in [3.63, 3.8) is 0 Å². The third kappa shape index (κ3) is 3.19. The van der Waals surface area contributed by atoms with Crippen LogP contribution < -0.4 is 11.1 Å². The molecule has 4 nitrogen and oxygen atoms in total. The highest BCUT2D eigenvalue weighted by Crippen LogP contribution is 2.24. The first kappa shape index (κ1) is 12.8. The van der Waals surface area contributed by atoms with Crippen LogP contribution in [-0.4, -0.2) is 42.5 Å². The Morgan fingerprint density at radius 2 is 1.88 bits per heavy atom.